The Labute approximate surface area is 112 Å². The van der Waals surface area contributed by atoms with E-state index in [4.69, 9.17) is 0 Å². The number of aromatic nitrogens is 2. The van der Waals surface area contributed by atoms with Gasteiger partial charge in [0.25, 0.3) is 5.91 Å². The van der Waals surface area contributed by atoms with Crippen LogP contribution in [0.2, 0.25) is 0 Å². The SMILES string of the molecule is CCn1ccc(C(=O)N2CCC[C@@]2(C)C(=O)NC)n1. The Kier molecular flexibility index (Phi) is 3.59. The van der Waals surface area contributed by atoms with Crippen LogP contribution in [0.15, 0.2) is 12.3 Å². The summed E-state index contributed by atoms with van der Waals surface area (Å²) in [6.07, 6.45) is 3.30. The molecule has 0 unspecified atom stereocenters. The number of carbonyl (C=O) groups excluding carboxylic acids is 2. The quantitative estimate of drug-likeness (QED) is 0.871. The van der Waals surface area contributed by atoms with Gasteiger partial charge in [0.05, 0.1) is 0 Å². The molecule has 1 aromatic heterocycles. The number of amides is 2. The second kappa shape index (κ2) is 5.03. The summed E-state index contributed by atoms with van der Waals surface area (Å²) in [7, 11) is 1.60. The molecule has 1 saturated heterocycles. The molecule has 0 spiro atoms. The number of hydrogen-bond acceptors (Lipinski definition) is 3. The van der Waals surface area contributed by atoms with Gasteiger partial charge in [0.2, 0.25) is 5.91 Å². The van der Waals surface area contributed by atoms with E-state index in [1.54, 1.807) is 28.9 Å². The lowest BCUT2D eigenvalue weighted by molar-refractivity contribution is -0.129. The average Bonchev–Trinajstić information content (AvgIpc) is 3.04. The summed E-state index contributed by atoms with van der Waals surface area (Å²) in [5, 5.41) is 6.86. The fourth-order valence-corrected chi connectivity index (χ4v) is 2.58. The van der Waals surface area contributed by atoms with Crippen molar-refractivity contribution in [1.29, 1.82) is 0 Å². The van der Waals surface area contributed by atoms with E-state index in [9.17, 15) is 9.59 Å². The first kappa shape index (κ1) is 13.6. The number of carbonyl (C=O) groups is 2. The first-order chi connectivity index (χ1) is 9.02. The number of likely N-dealkylation sites (N-methyl/N-ethyl adjacent to an activating group) is 1. The number of likely N-dealkylation sites (tertiary alicyclic amines) is 1. The summed E-state index contributed by atoms with van der Waals surface area (Å²) < 4.78 is 1.71. The van der Waals surface area contributed by atoms with Crippen LogP contribution in [0.4, 0.5) is 0 Å². The molecule has 2 amide bonds. The Morgan fingerprint density at radius 1 is 1.53 bits per heavy atom. The van der Waals surface area contributed by atoms with Crippen LogP contribution < -0.4 is 5.32 Å². The first-order valence-corrected chi connectivity index (χ1v) is 6.60. The summed E-state index contributed by atoms with van der Waals surface area (Å²) in [5.41, 5.74) is -0.360. The zero-order valence-corrected chi connectivity index (χ0v) is 11.6. The fourth-order valence-electron chi connectivity index (χ4n) is 2.58. The van der Waals surface area contributed by atoms with E-state index in [0.29, 0.717) is 18.7 Å². The van der Waals surface area contributed by atoms with Crippen LogP contribution in [0.1, 0.15) is 37.2 Å². The van der Waals surface area contributed by atoms with Gasteiger partial charge in [0.1, 0.15) is 11.2 Å². The average molecular weight is 264 g/mol. The van der Waals surface area contributed by atoms with E-state index in [0.717, 1.165) is 13.0 Å². The molecule has 104 valence electrons. The van der Waals surface area contributed by atoms with E-state index in [1.807, 2.05) is 13.8 Å². The first-order valence-electron chi connectivity index (χ1n) is 6.60. The molecule has 0 bridgehead atoms. The zero-order valence-electron chi connectivity index (χ0n) is 11.6. The van der Waals surface area contributed by atoms with E-state index in [-0.39, 0.29) is 11.8 Å². The standard InChI is InChI=1S/C13H20N4O2/c1-4-16-9-6-10(15-16)11(18)17-8-5-7-13(17,2)12(19)14-3/h6,9H,4-5,7-8H2,1-3H3,(H,14,19)/t13-/m0/s1. The van der Waals surface area contributed by atoms with Crippen molar-refractivity contribution in [3.8, 4) is 0 Å². The van der Waals surface area contributed by atoms with E-state index >= 15 is 0 Å². The predicted octanol–water partition coefficient (Wildman–Crippen LogP) is 0.644. The molecule has 1 atom stereocenters. The highest BCUT2D eigenvalue weighted by atomic mass is 16.2. The van der Waals surface area contributed by atoms with Crippen molar-refractivity contribution in [2.75, 3.05) is 13.6 Å². The maximum absolute atomic E-state index is 12.5. The zero-order chi connectivity index (χ0) is 14.0. The molecule has 1 aromatic rings. The van der Waals surface area contributed by atoms with Crippen molar-refractivity contribution in [3.63, 3.8) is 0 Å². The number of aryl methyl sites for hydroxylation is 1. The number of hydrogen-bond donors (Lipinski definition) is 1. The summed E-state index contributed by atoms with van der Waals surface area (Å²) in [6, 6.07) is 1.70. The highest BCUT2D eigenvalue weighted by molar-refractivity contribution is 5.98. The lowest BCUT2D eigenvalue weighted by atomic mass is 9.97. The normalized spacial score (nSPS) is 22.6. The summed E-state index contributed by atoms with van der Waals surface area (Å²) in [6.45, 7) is 5.10. The third-order valence-electron chi connectivity index (χ3n) is 3.79. The molecule has 0 saturated carbocycles. The Balaban J connectivity index is 2.25. The molecule has 0 aliphatic carbocycles. The molecule has 19 heavy (non-hydrogen) atoms. The highest BCUT2D eigenvalue weighted by Crippen LogP contribution is 2.30. The molecular formula is C13H20N4O2. The lowest BCUT2D eigenvalue weighted by Gasteiger charge is -2.32. The molecular weight excluding hydrogens is 244 g/mol. The molecule has 1 N–H and O–H groups in total. The fraction of sp³-hybridized carbons (Fsp3) is 0.615. The Hall–Kier alpha value is -1.85. The van der Waals surface area contributed by atoms with Crippen LogP contribution in [0.3, 0.4) is 0 Å². The second-order valence-electron chi connectivity index (χ2n) is 4.97. The van der Waals surface area contributed by atoms with Crippen molar-refractivity contribution >= 4 is 11.8 Å². The van der Waals surface area contributed by atoms with Gasteiger partial charge in [-0.1, -0.05) is 0 Å². The van der Waals surface area contributed by atoms with Crippen molar-refractivity contribution < 1.29 is 9.59 Å². The van der Waals surface area contributed by atoms with Crippen molar-refractivity contribution in [3.05, 3.63) is 18.0 Å². The van der Waals surface area contributed by atoms with Crippen LogP contribution in [-0.4, -0.2) is 45.6 Å². The minimum atomic E-state index is -0.762. The van der Waals surface area contributed by atoms with Crippen molar-refractivity contribution in [2.24, 2.45) is 0 Å². The summed E-state index contributed by atoms with van der Waals surface area (Å²) in [4.78, 5) is 26.1. The van der Waals surface area contributed by atoms with Crippen LogP contribution in [0.25, 0.3) is 0 Å². The Morgan fingerprint density at radius 2 is 2.26 bits per heavy atom. The molecule has 0 radical (unpaired) electrons. The second-order valence-corrected chi connectivity index (χ2v) is 4.97. The van der Waals surface area contributed by atoms with Gasteiger partial charge < -0.3 is 10.2 Å². The Morgan fingerprint density at radius 3 is 2.84 bits per heavy atom. The Bertz CT molecular complexity index is 497. The third-order valence-corrected chi connectivity index (χ3v) is 3.79. The smallest absolute Gasteiger partial charge is 0.275 e. The lowest BCUT2D eigenvalue weighted by Crippen LogP contribution is -2.54. The molecule has 6 nitrogen and oxygen atoms in total. The maximum Gasteiger partial charge on any atom is 0.275 e. The number of rotatable bonds is 3. The molecule has 2 heterocycles. The molecule has 6 heteroatoms. The molecule has 2 rings (SSSR count). The molecule has 1 aliphatic heterocycles. The van der Waals surface area contributed by atoms with Crippen LogP contribution >= 0.6 is 0 Å². The summed E-state index contributed by atoms with van der Waals surface area (Å²) in [5.74, 6) is -0.288. The van der Waals surface area contributed by atoms with Gasteiger partial charge in [-0.25, -0.2) is 0 Å². The van der Waals surface area contributed by atoms with Crippen molar-refractivity contribution in [2.45, 2.75) is 38.8 Å². The predicted molar refractivity (Wildman–Crippen MR) is 70.6 cm³/mol. The van der Waals surface area contributed by atoms with Gasteiger partial charge in [-0.2, -0.15) is 5.10 Å². The summed E-state index contributed by atoms with van der Waals surface area (Å²) >= 11 is 0. The van der Waals surface area contributed by atoms with Gasteiger partial charge in [-0.15, -0.1) is 0 Å². The highest BCUT2D eigenvalue weighted by Gasteiger charge is 2.45. The molecule has 1 aliphatic rings. The monoisotopic (exact) mass is 264 g/mol. The van der Waals surface area contributed by atoms with Crippen molar-refractivity contribution in [1.82, 2.24) is 20.0 Å². The number of nitrogens with zero attached hydrogens (tertiary/aromatic N) is 3. The van der Waals surface area contributed by atoms with Gasteiger partial charge in [-0.05, 0) is 32.8 Å². The van der Waals surface area contributed by atoms with E-state index in [1.165, 1.54) is 0 Å². The van der Waals surface area contributed by atoms with Crippen LogP contribution in [0, 0.1) is 0 Å². The topological polar surface area (TPSA) is 67.2 Å². The minimum absolute atomic E-state index is 0.117. The largest absolute Gasteiger partial charge is 0.357 e. The number of nitrogens with one attached hydrogen (secondary N) is 1. The van der Waals surface area contributed by atoms with E-state index < -0.39 is 5.54 Å². The third kappa shape index (κ3) is 2.22. The molecule has 1 fully saturated rings. The van der Waals surface area contributed by atoms with E-state index in [2.05, 4.69) is 10.4 Å². The van der Waals surface area contributed by atoms with Crippen LogP contribution in [0.5, 0.6) is 0 Å². The molecule has 0 aromatic carbocycles. The van der Waals surface area contributed by atoms with Crippen LogP contribution in [-0.2, 0) is 11.3 Å². The van der Waals surface area contributed by atoms with Gasteiger partial charge >= 0.3 is 0 Å². The van der Waals surface area contributed by atoms with Gasteiger partial charge in [0.15, 0.2) is 0 Å². The minimum Gasteiger partial charge on any atom is -0.357 e. The maximum atomic E-state index is 12.5. The van der Waals surface area contributed by atoms with Gasteiger partial charge in [0, 0.05) is 26.3 Å². The van der Waals surface area contributed by atoms with Gasteiger partial charge in [-0.3, -0.25) is 14.3 Å².